The van der Waals surface area contributed by atoms with Crippen molar-refractivity contribution in [3.8, 4) is 0 Å². The van der Waals surface area contributed by atoms with Crippen molar-refractivity contribution in [3.05, 3.63) is 11.6 Å². The summed E-state index contributed by atoms with van der Waals surface area (Å²) in [6, 6.07) is 0. The van der Waals surface area contributed by atoms with E-state index in [1.54, 1.807) is 0 Å². The number of rotatable bonds is 5. The van der Waals surface area contributed by atoms with Gasteiger partial charge in [-0.05, 0) is 110 Å². The van der Waals surface area contributed by atoms with Gasteiger partial charge in [-0.1, -0.05) is 53.0 Å². The van der Waals surface area contributed by atoms with Crippen LogP contribution in [0.5, 0.6) is 0 Å². The molecule has 0 spiro atoms. The van der Waals surface area contributed by atoms with Gasteiger partial charge in [-0.25, -0.2) is 0 Å². The minimum absolute atomic E-state index is 0.152. The number of carbonyl (C=O) groups excluding carboxylic acids is 1. The molecule has 0 aromatic heterocycles. The molecular formula is C29H46O2. The smallest absolute Gasteiger partial charge is 0.159 e. The van der Waals surface area contributed by atoms with Gasteiger partial charge in [-0.15, -0.1) is 0 Å². The second-order valence-corrected chi connectivity index (χ2v) is 13.3. The fourth-order valence-corrected chi connectivity index (χ4v) is 9.44. The lowest BCUT2D eigenvalue weighted by molar-refractivity contribution is -0.135. The molecule has 2 nitrogen and oxygen atoms in total. The Bertz CT molecular complexity index is 754. The van der Waals surface area contributed by atoms with Crippen LogP contribution in [0.3, 0.4) is 0 Å². The highest BCUT2D eigenvalue weighted by atomic mass is 16.3. The van der Waals surface area contributed by atoms with Gasteiger partial charge in [0, 0.05) is 5.92 Å². The first-order valence-electron chi connectivity index (χ1n) is 13.6. The summed E-state index contributed by atoms with van der Waals surface area (Å²) < 4.78 is 0. The van der Waals surface area contributed by atoms with Gasteiger partial charge >= 0.3 is 0 Å². The minimum Gasteiger partial charge on any atom is -0.393 e. The third-order valence-electron chi connectivity index (χ3n) is 11.7. The van der Waals surface area contributed by atoms with Gasteiger partial charge < -0.3 is 5.11 Å². The average Bonchev–Trinajstić information content (AvgIpc) is 3.35. The molecule has 1 N–H and O–H groups in total. The molecule has 0 bridgehead atoms. The van der Waals surface area contributed by atoms with Gasteiger partial charge in [-0.2, -0.15) is 0 Å². The lowest BCUT2D eigenvalue weighted by Crippen LogP contribution is -2.53. The molecule has 5 aliphatic carbocycles. The summed E-state index contributed by atoms with van der Waals surface area (Å²) in [6.07, 6.45) is 13.8. The normalized spacial score (nSPS) is 50.7. The summed E-state index contributed by atoms with van der Waals surface area (Å²) in [4.78, 5) is 13.5. The highest BCUT2D eigenvalue weighted by Crippen LogP contribution is 2.66. The Morgan fingerprint density at radius 2 is 1.74 bits per heavy atom. The van der Waals surface area contributed by atoms with E-state index in [2.05, 4.69) is 34.6 Å². The van der Waals surface area contributed by atoms with Gasteiger partial charge in [0.15, 0.2) is 5.78 Å². The largest absolute Gasteiger partial charge is 0.393 e. The maximum absolute atomic E-state index is 13.5. The Kier molecular flexibility index (Phi) is 5.52. The number of aliphatic hydroxyl groups excluding tert-OH is 1. The van der Waals surface area contributed by atoms with E-state index in [1.165, 1.54) is 50.5 Å². The minimum atomic E-state index is -0.240. The number of allylic oxidation sites excluding steroid dienone is 1. The molecule has 174 valence electrons. The number of hydrogen-bond acceptors (Lipinski definition) is 2. The first kappa shape index (κ1) is 22.2. The first-order chi connectivity index (χ1) is 14.6. The summed E-state index contributed by atoms with van der Waals surface area (Å²) in [7, 11) is 0. The topological polar surface area (TPSA) is 37.3 Å². The summed E-state index contributed by atoms with van der Waals surface area (Å²) in [5, 5.41) is 10.2. The Balaban J connectivity index is 1.32. The van der Waals surface area contributed by atoms with Crippen LogP contribution in [0.15, 0.2) is 11.6 Å². The molecule has 0 saturated heterocycles. The van der Waals surface area contributed by atoms with Crippen molar-refractivity contribution in [1.82, 2.24) is 0 Å². The zero-order valence-corrected chi connectivity index (χ0v) is 20.7. The van der Waals surface area contributed by atoms with Crippen molar-refractivity contribution < 1.29 is 9.90 Å². The van der Waals surface area contributed by atoms with Crippen LogP contribution in [-0.4, -0.2) is 17.0 Å². The zero-order valence-electron chi connectivity index (χ0n) is 20.7. The summed E-state index contributed by atoms with van der Waals surface area (Å²) in [6.45, 7) is 12.4. The third-order valence-corrected chi connectivity index (χ3v) is 11.7. The molecule has 0 aromatic carbocycles. The van der Waals surface area contributed by atoms with Crippen LogP contribution in [0.2, 0.25) is 0 Å². The second kappa shape index (κ2) is 7.71. The zero-order chi connectivity index (χ0) is 22.1. The monoisotopic (exact) mass is 426 g/mol. The quantitative estimate of drug-likeness (QED) is 0.524. The molecule has 11 atom stereocenters. The highest BCUT2D eigenvalue weighted by molar-refractivity contribution is 5.94. The average molecular weight is 427 g/mol. The van der Waals surface area contributed by atoms with E-state index < -0.39 is 0 Å². The van der Waals surface area contributed by atoms with E-state index in [9.17, 15) is 9.90 Å². The SMILES string of the molecule is C[C@H](CC[C@@H](C)[C@H]1CC[C@H]2[C@@H]3C(=O)C=C4C[C@@H](O)CC[C@]4(C)[C@H]3CC[C@]12C)[C@@H]1C[C@H]1C. The lowest BCUT2D eigenvalue weighted by atomic mass is 9.46. The number of carbonyl (C=O) groups is 1. The Morgan fingerprint density at radius 1 is 1.03 bits per heavy atom. The van der Waals surface area contributed by atoms with E-state index in [4.69, 9.17) is 0 Å². The van der Waals surface area contributed by atoms with Crippen LogP contribution in [0.1, 0.15) is 98.8 Å². The molecule has 4 fully saturated rings. The van der Waals surface area contributed by atoms with Crippen molar-refractivity contribution in [2.75, 3.05) is 0 Å². The van der Waals surface area contributed by atoms with Gasteiger partial charge in [0.05, 0.1) is 6.10 Å². The maximum Gasteiger partial charge on any atom is 0.159 e. The molecule has 0 aliphatic heterocycles. The van der Waals surface area contributed by atoms with Crippen molar-refractivity contribution >= 4 is 5.78 Å². The van der Waals surface area contributed by atoms with Crippen LogP contribution >= 0.6 is 0 Å². The van der Waals surface area contributed by atoms with Crippen LogP contribution < -0.4 is 0 Å². The number of ketones is 1. The van der Waals surface area contributed by atoms with Crippen LogP contribution in [0.4, 0.5) is 0 Å². The molecule has 4 saturated carbocycles. The summed E-state index contributed by atoms with van der Waals surface area (Å²) in [5.74, 6) is 6.16. The van der Waals surface area contributed by atoms with Crippen LogP contribution in [0, 0.1) is 58.2 Å². The van der Waals surface area contributed by atoms with Crippen molar-refractivity contribution in [3.63, 3.8) is 0 Å². The van der Waals surface area contributed by atoms with E-state index in [-0.39, 0.29) is 17.4 Å². The molecule has 0 amide bonds. The van der Waals surface area contributed by atoms with Gasteiger partial charge in [0.25, 0.3) is 0 Å². The molecular weight excluding hydrogens is 380 g/mol. The molecule has 31 heavy (non-hydrogen) atoms. The van der Waals surface area contributed by atoms with E-state index in [1.807, 2.05) is 6.08 Å². The molecule has 0 unspecified atom stereocenters. The lowest BCUT2D eigenvalue weighted by Gasteiger charge is -2.57. The number of aliphatic hydroxyl groups is 1. The predicted molar refractivity (Wildman–Crippen MR) is 126 cm³/mol. The van der Waals surface area contributed by atoms with Crippen LogP contribution in [0.25, 0.3) is 0 Å². The molecule has 5 aliphatic rings. The number of fused-ring (bicyclic) bond motifs is 5. The van der Waals surface area contributed by atoms with Gasteiger partial charge in [0.1, 0.15) is 0 Å². The highest BCUT2D eigenvalue weighted by Gasteiger charge is 2.61. The van der Waals surface area contributed by atoms with Crippen LogP contribution in [-0.2, 0) is 4.79 Å². The molecule has 2 heteroatoms. The van der Waals surface area contributed by atoms with Crippen molar-refractivity contribution in [2.45, 2.75) is 105 Å². The number of hydrogen-bond donors (Lipinski definition) is 1. The molecule has 0 heterocycles. The third kappa shape index (κ3) is 3.49. The van der Waals surface area contributed by atoms with Crippen molar-refractivity contribution in [2.24, 2.45) is 58.2 Å². The summed E-state index contributed by atoms with van der Waals surface area (Å²) >= 11 is 0. The predicted octanol–water partition coefficient (Wildman–Crippen LogP) is 6.81. The Morgan fingerprint density at radius 3 is 2.45 bits per heavy atom. The van der Waals surface area contributed by atoms with E-state index in [0.29, 0.717) is 23.0 Å². The molecule has 5 rings (SSSR count). The van der Waals surface area contributed by atoms with E-state index >= 15 is 0 Å². The standard InChI is InChI=1S/C29H46O2/c1-17(22-14-19(22)3)6-7-18(2)23-8-9-24-27-25(11-13-29(23,24)5)28(4)12-10-21(30)15-20(28)16-26(27)31/h16-19,21-25,27,30H,6-15H2,1-5H3/t17-,18-,19-,21+,22+,23-,24+,25+,27+,28+,29-/m1/s1. The fourth-order valence-electron chi connectivity index (χ4n) is 9.44. The van der Waals surface area contributed by atoms with Gasteiger partial charge in [-0.3, -0.25) is 4.79 Å². The first-order valence-corrected chi connectivity index (χ1v) is 13.6. The fraction of sp³-hybridized carbons (Fsp3) is 0.897. The Labute approximate surface area is 190 Å². The maximum atomic E-state index is 13.5. The van der Waals surface area contributed by atoms with Crippen molar-refractivity contribution in [1.29, 1.82) is 0 Å². The molecule has 0 aromatic rings. The van der Waals surface area contributed by atoms with Gasteiger partial charge in [0.2, 0.25) is 0 Å². The second-order valence-electron chi connectivity index (χ2n) is 13.3. The molecule has 0 radical (unpaired) electrons. The Hall–Kier alpha value is -0.630. The van der Waals surface area contributed by atoms with E-state index in [0.717, 1.165) is 48.9 Å². The summed E-state index contributed by atoms with van der Waals surface area (Å²) in [5.41, 5.74) is 1.77.